The Balaban J connectivity index is 2.78. The number of pyridine rings is 1. The predicted octanol–water partition coefficient (Wildman–Crippen LogP) is 1.69. The summed E-state index contributed by atoms with van der Waals surface area (Å²) < 4.78 is 23.6. The van der Waals surface area contributed by atoms with E-state index >= 15 is 0 Å². The topological polar surface area (TPSA) is 106 Å². The third-order valence-electron chi connectivity index (χ3n) is 3.45. The number of nitrogens with zero attached hydrogens (tertiary/aromatic N) is 3. The van der Waals surface area contributed by atoms with Gasteiger partial charge < -0.3 is 5.84 Å². The maximum Gasteiger partial charge on any atom is 0.229 e. The minimum absolute atomic E-state index is 0.00441. The van der Waals surface area contributed by atoms with Gasteiger partial charge in [-0.15, -0.1) is 0 Å². The number of nitrogens with two attached hydrogens (primary N) is 1. The van der Waals surface area contributed by atoms with Crippen LogP contribution in [0.15, 0.2) is 36.2 Å². The molecule has 1 amide bonds. The zero-order valence-electron chi connectivity index (χ0n) is 14.0. The molecule has 0 spiro atoms. The van der Waals surface area contributed by atoms with E-state index in [0.717, 1.165) is 17.3 Å². The van der Waals surface area contributed by atoms with E-state index in [-0.39, 0.29) is 23.2 Å². The van der Waals surface area contributed by atoms with Gasteiger partial charge in [-0.2, -0.15) is 5.10 Å². The molecule has 2 N–H and O–H groups in total. The summed E-state index contributed by atoms with van der Waals surface area (Å²) in [7, 11) is -1.77. The van der Waals surface area contributed by atoms with E-state index < -0.39 is 15.1 Å². The van der Waals surface area contributed by atoms with E-state index in [9.17, 15) is 13.2 Å². The highest BCUT2D eigenvalue weighted by molar-refractivity contribution is 8.21. The first-order valence-electron chi connectivity index (χ1n) is 7.26. The van der Waals surface area contributed by atoms with Crippen molar-refractivity contribution < 1.29 is 13.2 Å². The van der Waals surface area contributed by atoms with Gasteiger partial charge in [-0.1, -0.05) is 19.6 Å². The Labute approximate surface area is 146 Å². The number of amidine groups is 1. The van der Waals surface area contributed by atoms with Crippen LogP contribution in [0.2, 0.25) is 0 Å². The van der Waals surface area contributed by atoms with Crippen LogP contribution in [0.4, 0.5) is 0 Å². The molecule has 9 heteroatoms. The van der Waals surface area contributed by atoms with E-state index in [1.165, 1.54) is 18.9 Å². The number of rotatable bonds is 6. The molecule has 1 heterocycles. The smallest absolute Gasteiger partial charge is 0.229 e. The molecule has 7 nitrogen and oxygen atoms in total. The Kier molecular flexibility index (Phi) is 7.43. The number of aromatic nitrogens is 1. The van der Waals surface area contributed by atoms with E-state index in [1.807, 2.05) is 6.07 Å². The number of hydrogen-bond donors (Lipinski definition) is 1. The predicted molar refractivity (Wildman–Crippen MR) is 98.8 cm³/mol. The fourth-order valence-corrected chi connectivity index (χ4v) is 3.50. The first kappa shape index (κ1) is 20.2. The first-order valence-corrected chi connectivity index (χ1v) is 9.79. The molecular formula is C15H22N4O3S2. The van der Waals surface area contributed by atoms with Crippen LogP contribution < -0.4 is 5.84 Å². The van der Waals surface area contributed by atoms with Crippen molar-refractivity contribution in [3.63, 3.8) is 0 Å². The van der Waals surface area contributed by atoms with Gasteiger partial charge in [0.25, 0.3) is 0 Å². The molecule has 0 aliphatic rings. The lowest BCUT2D eigenvalue weighted by atomic mass is 10.3. The van der Waals surface area contributed by atoms with Crippen LogP contribution in [0.5, 0.6) is 0 Å². The van der Waals surface area contributed by atoms with Crippen molar-refractivity contribution in [3.8, 4) is 0 Å². The van der Waals surface area contributed by atoms with Crippen LogP contribution in [0.25, 0.3) is 4.91 Å². The van der Waals surface area contributed by atoms with Crippen molar-refractivity contribution in [3.05, 3.63) is 36.7 Å². The number of sulfone groups is 1. The standard InChI is InChI=1S/C15H22N4O3S2/c1-5-24(21,22)11(2)9-14(20)19(4)15(18-16)23-12(3)13-7-6-8-17-10-13/h6-8,10-11H,3,5,9,16H2,1-2,4H3/b18-15-. The van der Waals surface area contributed by atoms with Crippen LogP contribution in [0.1, 0.15) is 25.8 Å². The highest BCUT2D eigenvalue weighted by Crippen LogP contribution is 2.27. The fraction of sp³-hybridized carbons (Fsp3) is 0.400. The molecule has 1 aromatic rings. The van der Waals surface area contributed by atoms with Crippen molar-refractivity contribution in [2.45, 2.75) is 25.5 Å². The minimum Gasteiger partial charge on any atom is -0.321 e. The Bertz CT molecular complexity index is 717. The number of hydrazone groups is 1. The summed E-state index contributed by atoms with van der Waals surface area (Å²) in [6.07, 6.45) is 3.15. The maximum atomic E-state index is 12.3. The average Bonchev–Trinajstić information content (AvgIpc) is 2.59. The molecule has 0 fully saturated rings. The van der Waals surface area contributed by atoms with Gasteiger partial charge in [-0.25, -0.2) is 8.42 Å². The van der Waals surface area contributed by atoms with E-state index in [1.54, 1.807) is 25.4 Å². The Morgan fingerprint density at radius 2 is 2.21 bits per heavy atom. The van der Waals surface area contributed by atoms with Crippen molar-refractivity contribution >= 4 is 37.6 Å². The molecule has 132 valence electrons. The van der Waals surface area contributed by atoms with Gasteiger partial charge in [0.2, 0.25) is 5.91 Å². The SMILES string of the molecule is C=C(S/C(=N\N)N(C)C(=O)CC(C)S(=O)(=O)CC)c1cccnc1. The van der Waals surface area contributed by atoms with Crippen molar-refractivity contribution in [2.75, 3.05) is 12.8 Å². The second kappa shape index (κ2) is 8.84. The van der Waals surface area contributed by atoms with E-state index in [4.69, 9.17) is 5.84 Å². The zero-order valence-corrected chi connectivity index (χ0v) is 15.6. The van der Waals surface area contributed by atoms with Crippen LogP contribution in [0.3, 0.4) is 0 Å². The summed E-state index contributed by atoms with van der Waals surface area (Å²) in [6.45, 7) is 7.00. The molecule has 1 aromatic heterocycles. The van der Waals surface area contributed by atoms with Gasteiger partial charge >= 0.3 is 0 Å². The molecule has 0 aromatic carbocycles. The van der Waals surface area contributed by atoms with Gasteiger partial charge in [0.15, 0.2) is 15.0 Å². The van der Waals surface area contributed by atoms with Crippen LogP contribution >= 0.6 is 11.8 Å². The van der Waals surface area contributed by atoms with Gasteiger partial charge in [0.05, 0.1) is 5.25 Å². The lowest BCUT2D eigenvalue weighted by Gasteiger charge is -2.20. The van der Waals surface area contributed by atoms with Gasteiger partial charge in [0.1, 0.15) is 0 Å². The highest BCUT2D eigenvalue weighted by Gasteiger charge is 2.25. The number of hydrogen-bond acceptors (Lipinski definition) is 7. The summed E-state index contributed by atoms with van der Waals surface area (Å²) >= 11 is 1.12. The zero-order chi connectivity index (χ0) is 18.3. The van der Waals surface area contributed by atoms with Crippen molar-refractivity contribution in [1.29, 1.82) is 0 Å². The minimum atomic E-state index is -3.28. The number of thioether (sulfide) groups is 1. The summed E-state index contributed by atoms with van der Waals surface area (Å²) in [5, 5.41) is 3.09. The molecule has 0 bridgehead atoms. The molecule has 0 aliphatic carbocycles. The van der Waals surface area contributed by atoms with Gasteiger partial charge in [-0.05, 0) is 24.8 Å². The van der Waals surface area contributed by atoms with E-state index in [2.05, 4.69) is 16.7 Å². The first-order chi connectivity index (χ1) is 11.2. The second-order valence-electron chi connectivity index (χ2n) is 5.10. The number of carbonyl (C=O) groups excluding carboxylic acids is 1. The molecule has 0 radical (unpaired) electrons. The summed E-state index contributed by atoms with van der Waals surface area (Å²) in [5.41, 5.74) is 0.784. The van der Waals surface area contributed by atoms with Crippen LogP contribution in [0, 0.1) is 0 Å². The quantitative estimate of drug-likeness (QED) is 0.353. The molecular weight excluding hydrogens is 348 g/mol. The van der Waals surface area contributed by atoms with Crippen molar-refractivity contribution in [2.24, 2.45) is 10.9 Å². The Hall–Kier alpha value is -1.87. The summed E-state index contributed by atoms with van der Waals surface area (Å²) in [6, 6.07) is 3.60. The molecule has 0 saturated heterocycles. The van der Waals surface area contributed by atoms with Gasteiger partial charge in [-0.3, -0.25) is 14.7 Å². The number of amides is 1. The summed E-state index contributed by atoms with van der Waals surface area (Å²) in [5.74, 6) is 5.00. The molecule has 1 atom stereocenters. The normalized spacial score (nSPS) is 13.4. The van der Waals surface area contributed by atoms with Crippen molar-refractivity contribution in [1.82, 2.24) is 9.88 Å². The second-order valence-corrected chi connectivity index (χ2v) is 8.87. The number of carbonyl (C=O) groups is 1. The monoisotopic (exact) mass is 370 g/mol. The third kappa shape index (κ3) is 5.34. The lowest BCUT2D eigenvalue weighted by molar-refractivity contribution is -0.126. The third-order valence-corrected chi connectivity index (χ3v) is 6.69. The highest BCUT2D eigenvalue weighted by atomic mass is 32.2. The lowest BCUT2D eigenvalue weighted by Crippen LogP contribution is -2.35. The fourth-order valence-electron chi connectivity index (χ4n) is 1.78. The molecule has 0 aliphatic heterocycles. The van der Waals surface area contributed by atoms with E-state index in [0.29, 0.717) is 4.91 Å². The van der Waals surface area contributed by atoms with Crippen LogP contribution in [-0.4, -0.2) is 47.4 Å². The molecule has 1 unspecified atom stereocenters. The molecule has 24 heavy (non-hydrogen) atoms. The Morgan fingerprint density at radius 3 is 2.71 bits per heavy atom. The van der Waals surface area contributed by atoms with Crippen LogP contribution in [-0.2, 0) is 14.6 Å². The molecule has 1 rings (SSSR count). The summed E-state index contributed by atoms with van der Waals surface area (Å²) in [4.78, 5) is 18.2. The largest absolute Gasteiger partial charge is 0.321 e. The Morgan fingerprint density at radius 1 is 1.54 bits per heavy atom. The molecule has 0 saturated carbocycles. The average molecular weight is 371 g/mol. The van der Waals surface area contributed by atoms with Gasteiger partial charge in [0, 0.05) is 42.1 Å². The maximum absolute atomic E-state index is 12.3.